The number of amidine groups is 1. The molecule has 3 nitrogen and oxygen atoms in total. The zero-order valence-corrected chi connectivity index (χ0v) is 10.7. The van der Waals surface area contributed by atoms with E-state index in [4.69, 9.17) is 0 Å². The Morgan fingerprint density at radius 3 is 2.75 bits per heavy atom. The molecule has 0 saturated carbocycles. The van der Waals surface area contributed by atoms with Gasteiger partial charge in [0.1, 0.15) is 0 Å². The molecule has 0 radical (unpaired) electrons. The first kappa shape index (κ1) is 12.9. The van der Waals surface area contributed by atoms with Crippen molar-refractivity contribution >= 4 is 12.6 Å². The van der Waals surface area contributed by atoms with Gasteiger partial charge in [0.2, 0.25) is 0 Å². The zero-order valence-electron chi connectivity index (χ0n) is 10.7. The fourth-order valence-corrected chi connectivity index (χ4v) is 1.97. The predicted molar refractivity (Wildman–Crippen MR) is 70.9 cm³/mol. The maximum Gasteiger partial charge on any atom is 0.150 e. The lowest BCUT2D eigenvalue weighted by molar-refractivity contribution is 0.205. The maximum atomic E-state index is 4.11. The third-order valence-corrected chi connectivity index (χ3v) is 3.33. The Morgan fingerprint density at radius 2 is 2.19 bits per heavy atom. The van der Waals surface area contributed by atoms with Gasteiger partial charge in [-0.2, -0.15) is 5.10 Å². The van der Waals surface area contributed by atoms with Gasteiger partial charge in [-0.15, -0.1) is 5.10 Å². The van der Waals surface area contributed by atoms with Crippen molar-refractivity contribution in [3.63, 3.8) is 0 Å². The molecular formula is C13H23N3. The summed E-state index contributed by atoms with van der Waals surface area (Å²) in [4.78, 5) is 2.31. The predicted octanol–water partition coefficient (Wildman–Crippen LogP) is 2.94. The molecule has 1 rings (SSSR count). The van der Waals surface area contributed by atoms with Crippen LogP contribution in [-0.4, -0.2) is 30.5 Å². The fourth-order valence-electron chi connectivity index (χ4n) is 1.97. The first-order chi connectivity index (χ1) is 7.69. The molecule has 16 heavy (non-hydrogen) atoms. The number of hydrogen-bond donors (Lipinski definition) is 0. The average Bonchev–Trinajstić information content (AvgIpc) is 2.28. The lowest BCUT2D eigenvalue weighted by Gasteiger charge is -2.36. The van der Waals surface area contributed by atoms with E-state index in [1.54, 1.807) is 0 Å². The van der Waals surface area contributed by atoms with Crippen LogP contribution in [0.4, 0.5) is 0 Å². The summed E-state index contributed by atoms with van der Waals surface area (Å²) < 4.78 is 0. The van der Waals surface area contributed by atoms with E-state index in [1.807, 2.05) is 0 Å². The third kappa shape index (κ3) is 3.47. The maximum absolute atomic E-state index is 4.11. The second-order valence-corrected chi connectivity index (χ2v) is 4.60. The summed E-state index contributed by atoms with van der Waals surface area (Å²) in [5.41, 5.74) is 0. The summed E-state index contributed by atoms with van der Waals surface area (Å²) in [5.74, 6) is 2.48. The number of rotatable bonds is 3. The van der Waals surface area contributed by atoms with Crippen molar-refractivity contribution in [2.45, 2.75) is 33.6 Å². The van der Waals surface area contributed by atoms with Gasteiger partial charge in [0.05, 0.1) is 0 Å². The molecule has 3 heteroatoms. The highest BCUT2D eigenvalue weighted by Crippen LogP contribution is 2.22. The van der Waals surface area contributed by atoms with Gasteiger partial charge in [-0.3, -0.25) is 0 Å². The molecule has 1 aliphatic rings. The summed E-state index contributed by atoms with van der Waals surface area (Å²) in [5, 5.41) is 7.77. The second-order valence-electron chi connectivity index (χ2n) is 4.60. The summed E-state index contributed by atoms with van der Waals surface area (Å²) in [6.07, 6.45) is 6.43. The van der Waals surface area contributed by atoms with E-state index in [1.165, 1.54) is 6.42 Å². The van der Waals surface area contributed by atoms with Crippen LogP contribution in [0.1, 0.15) is 33.6 Å². The molecule has 1 saturated heterocycles. The minimum Gasteiger partial charge on any atom is -0.355 e. The Hall–Kier alpha value is -1.12. The Balaban J connectivity index is 2.69. The van der Waals surface area contributed by atoms with Crippen molar-refractivity contribution in [2.24, 2.45) is 22.0 Å². The standard InChI is InChI=1S/C13H23N3/c1-5-6-7-13(15-14-4)16-9-8-11(2)12(3)10-16/h6-7,11-12H,4-5,8-10H2,1-3H3/b7-6-,15-13+. The topological polar surface area (TPSA) is 28.0 Å². The molecule has 0 aromatic rings. The molecule has 1 aliphatic heterocycles. The minimum atomic E-state index is 0.721. The van der Waals surface area contributed by atoms with Crippen molar-refractivity contribution in [2.75, 3.05) is 13.1 Å². The van der Waals surface area contributed by atoms with Gasteiger partial charge in [0, 0.05) is 19.8 Å². The van der Waals surface area contributed by atoms with Crippen molar-refractivity contribution < 1.29 is 0 Å². The van der Waals surface area contributed by atoms with Gasteiger partial charge in [0.25, 0.3) is 0 Å². The highest BCUT2D eigenvalue weighted by Gasteiger charge is 2.23. The minimum absolute atomic E-state index is 0.721. The summed E-state index contributed by atoms with van der Waals surface area (Å²) in [7, 11) is 0. The Kier molecular flexibility index (Phi) is 5.23. The van der Waals surface area contributed by atoms with Crippen molar-refractivity contribution in [3.8, 4) is 0 Å². The first-order valence-electron chi connectivity index (χ1n) is 6.14. The van der Waals surface area contributed by atoms with Crippen LogP contribution in [0.25, 0.3) is 0 Å². The average molecular weight is 221 g/mol. The Morgan fingerprint density at radius 1 is 1.44 bits per heavy atom. The molecule has 0 bridgehead atoms. The molecule has 90 valence electrons. The highest BCUT2D eigenvalue weighted by atomic mass is 15.3. The van der Waals surface area contributed by atoms with E-state index in [0.717, 1.165) is 37.2 Å². The van der Waals surface area contributed by atoms with E-state index in [-0.39, 0.29) is 0 Å². The van der Waals surface area contributed by atoms with Crippen LogP contribution >= 0.6 is 0 Å². The molecular weight excluding hydrogens is 198 g/mol. The lowest BCUT2D eigenvalue weighted by Crippen LogP contribution is -2.41. The summed E-state index contributed by atoms with van der Waals surface area (Å²) >= 11 is 0. The van der Waals surface area contributed by atoms with Crippen molar-refractivity contribution in [3.05, 3.63) is 12.2 Å². The van der Waals surface area contributed by atoms with Crippen molar-refractivity contribution in [1.29, 1.82) is 0 Å². The van der Waals surface area contributed by atoms with E-state index in [0.29, 0.717) is 0 Å². The largest absolute Gasteiger partial charge is 0.355 e. The van der Waals surface area contributed by atoms with Crippen LogP contribution in [0.15, 0.2) is 22.4 Å². The molecule has 0 aromatic heterocycles. The normalized spacial score (nSPS) is 27.4. The molecule has 0 amide bonds. The fraction of sp³-hybridized carbons (Fsp3) is 0.692. The van der Waals surface area contributed by atoms with Crippen LogP contribution in [0.3, 0.4) is 0 Å². The zero-order chi connectivity index (χ0) is 12.0. The number of likely N-dealkylation sites (tertiary alicyclic amines) is 1. The SMILES string of the molecule is C=N/N=C(\C=C/CC)N1CCC(C)C(C)C1. The summed E-state index contributed by atoms with van der Waals surface area (Å²) in [6.45, 7) is 12.3. The smallest absolute Gasteiger partial charge is 0.150 e. The van der Waals surface area contributed by atoms with Gasteiger partial charge in [-0.1, -0.05) is 26.8 Å². The van der Waals surface area contributed by atoms with Crippen LogP contribution in [0, 0.1) is 11.8 Å². The van der Waals surface area contributed by atoms with E-state index in [2.05, 4.69) is 54.7 Å². The quantitative estimate of drug-likeness (QED) is 0.409. The first-order valence-corrected chi connectivity index (χ1v) is 6.14. The molecule has 1 heterocycles. The molecule has 0 aliphatic carbocycles. The van der Waals surface area contributed by atoms with E-state index < -0.39 is 0 Å². The van der Waals surface area contributed by atoms with Gasteiger partial charge in [-0.25, -0.2) is 0 Å². The number of allylic oxidation sites excluding steroid dienone is 1. The summed E-state index contributed by atoms with van der Waals surface area (Å²) in [6, 6.07) is 0. The van der Waals surface area contributed by atoms with Gasteiger partial charge in [-0.05, 0) is 30.8 Å². The van der Waals surface area contributed by atoms with Gasteiger partial charge in [0.15, 0.2) is 5.84 Å². The Bertz CT molecular complexity index is 281. The monoisotopic (exact) mass is 221 g/mol. The molecule has 0 N–H and O–H groups in total. The molecule has 0 aromatic carbocycles. The molecule has 0 spiro atoms. The molecule has 2 atom stereocenters. The highest BCUT2D eigenvalue weighted by molar-refractivity contribution is 5.93. The van der Waals surface area contributed by atoms with Gasteiger partial charge < -0.3 is 4.90 Å². The van der Waals surface area contributed by atoms with Crippen LogP contribution in [-0.2, 0) is 0 Å². The number of hydrogen-bond acceptors (Lipinski definition) is 2. The number of nitrogens with zero attached hydrogens (tertiary/aromatic N) is 3. The second kappa shape index (κ2) is 6.46. The Labute approximate surface area is 98.9 Å². The van der Waals surface area contributed by atoms with Crippen LogP contribution < -0.4 is 0 Å². The molecule has 1 fully saturated rings. The number of piperidine rings is 1. The third-order valence-electron chi connectivity index (χ3n) is 3.33. The van der Waals surface area contributed by atoms with E-state index >= 15 is 0 Å². The van der Waals surface area contributed by atoms with Gasteiger partial charge >= 0.3 is 0 Å². The molecule has 2 unspecified atom stereocenters. The van der Waals surface area contributed by atoms with E-state index in [9.17, 15) is 0 Å². The van der Waals surface area contributed by atoms with Crippen LogP contribution in [0.2, 0.25) is 0 Å². The lowest BCUT2D eigenvalue weighted by atomic mass is 9.88. The van der Waals surface area contributed by atoms with Crippen molar-refractivity contribution in [1.82, 2.24) is 4.90 Å². The van der Waals surface area contributed by atoms with Crippen LogP contribution in [0.5, 0.6) is 0 Å².